The summed E-state index contributed by atoms with van der Waals surface area (Å²) in [6.07, 6.45) is 5.58. The fourth-order valence-electron chi connectivity index (χ4n) is 1.66. The maximum absolute atomic E-state index is 5.01. The molecule has 1 N–H and O–H groups in total. The summed E-state index contributed by atoms with van der Waals surface area (Å²) < 4.78 is 6.89. The first-order valence-corrected chi connectivity index (χ1v) is 5.57. The molecule has 2 heterocycles. The Morgan fingerprint density at radius 1 is 1.50 bits per heavy atom. The Morgan fingerprint density at radius 2 is 2.38 bits per heavy atom. The molecule has 2 rings (SSSR count). The van der Waals surface area contributed by atoms with Crippen LogP contribution in [0.5, 0.6) is 0 Å². The molecule has 0 bridgehead atoms. The van der Waals surface area contributed by atoms with Crippen LogP contribution in [0, 0.1) is 0 Å². The van der Waals surface area contributed by atoms with Crippen molar-refractivity contribution in [3.05, 3.63) is 35.9 Å². The normalized spacial score (nSPS) is 10.6. The molecule has 4 nitrogen and oxygen atoms in total. The Bertz CT molecular complexity index is 431. The highest BCUT2D eigenvalue weighted by Crippen LogP contribution is 2.12. The Kier molecular flexibility index (Phi) is 3.29. The van der Waals surface area contributed by atoms with Gasteiger partial charge in [0.15, 0.2) is 0 Å². The zero-order valence-electron chi connectivity index (χ0n) is 9.73. The van der Waals surface area contributed by atoms with E-state index in [0.717, 1.165) is 36.5 Å². The average molecular weight is 219 g/mol. The molecule has 0 atom stereocenters. The van der Waals surface area contributed by atoms with E-state index >= 15 is 0 Å². The molecule has 86 valence electrons. The van der Waals surface area contributed by atoms with Crippen LogP contribution in [0.2, 0.25) is 0 Å². The average Bonchev–Trinajstić information content (AvgIpc) is 2.86. The third kappa shape index (κ3) is 2.45. The van der Waals surface area contributed by atoms with Crippen molar-refractivity contribution < 1.29 is 4.42 Å². The first-order valence-electron chi connectivity index (χ1n) is 5.57. The van der Waals surface area contributed by atoms with Crippen LogP contribution in [0.1, 0.15) is 24.6 Å². The minimum absolute atomic E-state index is 0.765. The van der Waals surface area contributed by atoms with Crippen LogP contribution in [-0.4, -0.2) is 9.78 Å². The number of nitrogens with zero attached hydrogens (tertiary/aromatic N) is 2. The van der Waals surface area contributed by atoms with E-state index in [0.29, 0.717) is 0 Å². The highest BCUT2D eigenvalue weighted by atomic mass is 16.3. The lowest BCUT2D eigenvalue weighted by Crippen LogP contribution is -2.03. The van der Waals surface area contributed by atoms with E-state index in [1.807, 2.05) is 17.8 Å². The van der Waals surface area contributed by atoms with Crippen LogP contribution >= 0.6 is 0 Å². The van der Waals surface area contributed by atoms with Gasteiger partial charge in [-0.05, 0) is 12.5 Å². The van der Waals surface area contributed by atoms with Gasteiger partial charge in [-0.25, -0.2) is 0 Å². The standard InChI is InChI=1S/C12H17N3O/c1-3-4-11-7-12(15(2)14-11)13-8-10-5-6-16-9-10/h5-7,9,13H,3-4,8H2,1-2H3. The van der Waals surface area contributed by atoms with Crippen molar-refractivity contribution in [3.8, 4) is 0 Å². The molecule has 0 spiro atoms. The lowest BCUT2D eigenvalue weighted by molar-refractivity contribution is 0.564. The van der Waals surface area contributed by atoms with Crippen LogP contribution in [0.4, 0.5) is 5.82 Å². The topological polar surface area (TPSA) is 43.0 Å². The highest BCUT2D eigenvalue weighted by Gasteiger charge is 2.04. The molecule has 0 saturated heterocycles. The van der Waals surface area contributed by atoms with Gasteiger partial charge in [0.05, 0.1) is 18.2 Å². The third-order valence-electron chi connectivity index (χ3n) is 2.49. The fraction of sp³-hybridized carbons (Fsp3) is 0.417. The number of aryl methyl sites for hydroxylation is 2. The Balaban J connectivity index is 1.98. The second-order valence-electron chi connectivity index (χ2n) is 3.88. The zero-order chi connectivity index (χ0) is 11.4. The van der Waals surface area contributed by atoms with E-state index in [2.05, 4.69) is 23.4 Å². The molecule has 0 aliphatic rings. The quantitative estimate of drug-likeness (QED) is 0.840. The molecule has 0 aliphatic heterocycles. The number of hydrogen-bond donors (Lipinski definition) is 1. The summed E-state index contributed by atoms with van der Waals surface area (Å²) in [5.74, 6) is 1.05. The van der Waals surface area contributed by atoms with E-state index in [9.17, 15) is 0 Å². The van der Waals surface area contributed by atoms with Gasteiger partial charge >= 0.3 is 0 Å². The minimum atomic E-state index is 0.765. The number of anilines is 1. The fourth-order valence-corrected chi connectivity index (χ4v) is 1.66. The molecule has 16 heavy (non-hydrogen) atoms. The van der Waals surface area contributed by atoms with Crippen LogP contribution in [0.3, 0.4) is 0 Å². The molecular weight excluding hydrogens is 202 g/mol. The zero-order valence-corrected chi connectivity index (χ0v) is 9.73. The molecule has 0 radical (unpaired) electrons. The van der Waals surface area contributed by atoms with Gasteiger partial charge in [0.25, 0.3) is 0 Å². The number of aromatic nitrogens is 2. The molecule has 0 amide bonds. The Hall–Kier alpha value is -1.71. The lowest BCUT2D eigenvalue weighted by Gasteiger charge is -2.03. The van der Waals surface area contributed by atoms with Gasteiger partial charge in [0.1, 0.15) is 5.82 Å². The summed E-state index contributed by atoms with van der Waals surface area (Å²) in [6.45, 7) is 2.93. The summed E-state index contributed by atoms with van der Waals surface area (Å²) in [7, 11) is 1.96. The first-order chi connectivity index (χ1) is 7.79. The number of nitrogens with one attached hydrogen (secondary N) is 1. The monoisotopic (exact) mass is 219 g/mol. The van der Waals surface area contributed by atoms with Gasteiger partial charge in [-0.2, -0.15) is 5.10 Å². The van der Waals surface area contributed by atoms with E-state index in [4.69, 9.17) is 4.42 Å². The number of hydrogen-bond acceptors (Lipinski definition) is 3. The summed E-state index contributed by atoms with van der Waals surface area (Å²) >= 11 is 0. The predicted octanol–water partition coefficient (Wildman–Crippen LogP) is 2.58. The van der Waals surface area contributed by atoms with Crippen LogP contribution < -0.4 is 5.32 Å². The van der Waals surface area contributed by atoms with Crippen molar-refractivity contribution in [2.45, 2.75) is 26.3 Å². The smallest absolute Gasteiger partial charge is 0.124 e. The van der Waals surface area contributed by atoms with Crippen molar-refractivity contribution in [1.82, 2.24) is 9.78 Å². The second-order valence-corrected chi connectivity index (χ2v) is 3.88. The van der Waals surface area contributed by atoms with Crippen LogP contribution in [0.25, 0.3) is 0 Å². The molecule has 2 aromatic heterocycles. The summed E-state index contributed by atoms with van der Waals surface area (Å²) in [5, 5.41) is 7.77. The van der Waals surface area contributed by atoms with Crippen molar-refractivity contribution in [1.29, 1.82) is 0 Å². The molecular formula is C12H17N3O. The molecule has 0 aliphatic carbocycles. The van der Waals surface area contributed by atoms with Gasteiger partial charge in [0.2, 0.25) is 0 Å². The summed E-state index contributed by atoms with van der Waals surface area (Å²) in [5.41, 5.74) is 2.28. The first kappa shape index (κ1) is 10.8. The van der Waals surface area contributed by atoms with Crippen molar-refractivity contribution >= 4 is 5.82 Å². The predicted molar refractivity (Wildman–Crippen MR) is 63.2 cm³/mol. The van der Waals surface area contributed by atoms with Gasteiger partial charge in [-0.15, -0.1) is 0 Å². The molecule has 4 heteroatoms. The van der Waals surface area contributed by atoms with Crippen LogP contribution in [0.15, 0.2) is 29.1 Å². The Morgan fingerprint density at radius 3 is 3.06 bits per heavy atom. The van der Waals surface area contributed by atoms with Gasteiger partial charge in [-0.3, -0.25) is 4.68 Å². The van der Waals surface area contributed by atoms with E-state index in [1.54, 1.807) is 12.5 Å². The van der Waals surface area contributed by atoms with Crippen molar-refractivity contribution in [2.24, 2.45) is 7.05 Å². The minimum Gasteiger partial charge on any atom is -0.472 e. The second kappa shape index (κ2) is 4.88. The number of furan rings is 1. The molecule has 0 fully saturated rings. The van der Waals surface area contributed by atoms with Gasteiger partial charge in [0, 0.05) is 25.2 Å². The molecule has 0 unspecified atom stereocenters. The molecule has 0 saturated carbocycles. The highest BCUT2D eigenvalue weighted by molar-refractivity contribution is 5.37. The third-order valence-corrected chi connectivity index (χ3v) is 2.49. The lowest BCUT2D eigenvalue weighted by atomic mass is 10.2. The summed E-state index contributed by atoms with van der Waals surface area (Å²) in [4.78, 5) is 0. The SMILES string of the molecule is CCCc1cc(NCc2ccoc2)n(C)n1. The maximum atomic E-state index is 5.01. The Labute approximate surface area is 95.3 Å². The van der Waals surface area contributed by atoms with E-state index in [1.165, 1.54) is 0 Å². The number of rotatable bonds is 5. The van der Waals surface area contributed by atoms with E-state index in [-0.39, 0.29) is 0 Å². The van der Waals surface area contributed by atoms with Crippen molar-refractivity contribution in [3.63, 3.8) is 0 Å². The van der Waals surface area contributed by atoms with Crippen molar-refractivity contribution in [2.75, 3.05) is 5.32 Å². The van der Waals surface area contributed by atoms with E-state index < -0.39 is 0 Å². The van der Waals surface area contributed by atoms with Gasteiger partial charge in [-0.1, -0.05) is 13.3 Å². The van der Waals surface area contributed by atoms with Gasteiger partial charge < -0.3 is 9.73 Å². The van der Waals surface area contributed by atoms with Crippen LogP contribution in [-0.2, 0) is 20.0 Å². The largest absolute Gasteiger partial charge is 0.472 e. The maximum Gasteiger partial charge on any atom is 0.124 e. The molecule has 2 aromatic rings. The molecule has 0 aromatic carbocycles. The summed E-state index contributed by atoms with van der Waals surface area (Å²) in [6, 6.07) is 4.06.